The number of carbonyl (C=O) groups is 1. The summed E-state index contributed by atoms with van der Waals surface area (Å²) in [4.78, 5) is 14.7. The van der Waals surface area contributed by atoms with E-state index in [9.17, 15) is 9.18 Å². The number of hydrogen-bond acceptors (Lipinski definition) is 4. The summed E-state index contributed by atoms with van der Waals surface area (Å²) in [5.74, 6) is 0.826. The zero-order valence-electron chi connectivity index (χ0n) is 14.5. The van der Waals surface area contributed by atoms with Gasteiger partial charge in [0.2, 0.25) is 0 Å². The van der Waals surface area contributed by atoms with Gasteiger partial charge in [0, 0.05) is 0 Å². The highest BCUT2D eigenvalue weighted by Gasteiger charge is 2.33. The first kappa shape index (κ1) is 18.4. The van der Waals surface area contributed by atoms with Gasteiger partial charge in [0.1, 0.15) is 17.3 Å². The number of ether oxygens (including phenoxy) is 1. The van der Waals surface area contributed by atoms with Gasteiger partial charge in [-0.15, -0.1) is 0 Å². The van der Waals surface area contributed by atoms with E-state index in [1.165, 1.54) is 40.9 Å². The zero-order valence-corrected chi connectivity index (χ0v) is 16.2. The lowest BCUT2D eigenvalue weighted by Crippen LogP contribution is -2.27. The van der Waals surface area contributed by atoms with Gasteiger partial charge in [-0.25, -0.2) is 4.39 Å². The first-order valence-electron chi connectivity index (χ1n) is 8.47. The maximum atomic E-state index is 13.2. The van der Waals surface area contributed by atoms with E-state index in [0.717, 1.165) is 11.3 Å². The third-order valence-corrected chi connectivity index (χ3v) is 5.32. The number of hydrogen-bond donors (Lipinski definition) is 0. The van der Waals surface area contributed by atoms with Crippen LogP contribution in [0.2, 0.25) is 0 Å². The molecule has 1 aliphatic rings. The minimum absolute atomic E-state index is 0.226. The van der Waals surface area contributed by atoms with E-state index in [1.54, 1.807) is 6.08 Å². The molecule has 28 heavy (non-hydrogen) atoms. The van der Waals surface area contributed by atoms with Crippen LogP contribution in [0.4, 0.5) is 10.1 Å². The number of carbonyl (C=O) groups excluding carboxylic acids is 1. The van der Waals surface area contributed by atoms with Gasteiger partial charge < -0.3 is 4.74 Å². The van der Waals surface area contributed by atoms with Gasteiger partial charge in [-0.3, -0.25) is 9.69 Å². The average molecular weight is 407 g/mol. The zero-order chi connectivity index (χ0) is 19.5. The smallest absolute Gasteiger partial charge is 0.270 e. The van der Waals surface area contributed by atoms with Gasteiger partial charge in [0.05, 0.1) is 10.6 Å². The fourth-order valence-corrected chi connectivity index (χ4v) is 4.02. The molecule has 0 saturated carbocycles. The number of anilines is 1. The molecule has 0 aliphatic carbocycles. The molecule has 3 aromatic rings. The third kappa shape index (κ3) is 3.98. The van der Waals surface area contributed by atoms with E-state index in [1.807, 2.05) is 54.6 Å². The Morgan fingerprint density at radius 3 is 2.39 bits per heavy atom. The summed E-state index contributed by atoms with van der Waals surface area (Å²) >= 11 is 6.57. The van der Waals surface area contributed by atoms with Crippen LogP contribution in [0.15, 0.2) is 83.8 Å². The number of benzene rings is 3. The van der Waals surface area contributed by atoms with Gasteiger partial charge >= 0.3 is 0 Å². The molecule has 3 aromatic carbocycles. The number of halogens is 1. The predicted molar refractivity (Wildman–Crippen MR) is 115 cm³/mol. The van der Waals surface area contributed by atoms with Crippen LogP contribution in [-0.2, 0) is 4.79 Å². The van der Waals surface area contributed by atoms with E-state index >= 15 is 0 Å². The van der Waals surface area contributed by atoms with Gasteiger partial charge in [0.25, 0.3) is 5.91 Å². The largest absolute Gasteiger partial charge is 0.457 e. The molecule has 0 spiro atoms. The van der Waals surface area contributed by atoms with Gasteiger partial charge in [-0.1, -0.05) is 54.3 Å². The lowest BCUT2D eigenvalue weighted by Gasteiger charge is -2.14. The van der Waals surface area contributed by atoms with Gasteiger partial charge in [-0.2, -0.15) is 0 Å². The van der Waals surface area contributed by atoms with Crippen molar-refractivity contribution < 1.29 is 13.9 Å². The summed E-state index contributed by atoms with van der Waals surface area (Å²) in [6.07, 6.45) is 1.78. The highest BCUT2D eigenvalue weighted by atomic mass is 32.2. The molecule has 1 heterocycles. The molecule has 6 heteroatoms. The Balaban J connectivity index is 1.57. The van der Waals surface area contributed by atoms with Crippen LogP contribution in [0.1, 0.15) is 5.56 Å². The molecule has 1 aliphatic heterocycles. The van der Waals surface area contributed by atoms with Crippen LogP contribution in [-0.4, -0.2) is 10.2 Å². The molecule has 0 atom stereocenters. The summed E-state index contributed by atoms with van der Waals surface area (Å²) in [5, 5.41) is 0. The summed E-state index contributed by atoms with van der Waals surface area (Å²) in [5.41, 5.74) is 1.38. The van der Waals surface area contributed by atoms with Crippen LogP contribution in [0.25, 0.3) is 6.08 Å². The van der Waals surface area contributed by atoms with Crippen molar-refractivity contribution in [1.29, 1.82) is 0 Å². The standard InChI is InChI=1S/C22H14FNO2S2/c23-16-9-11-17(12-10-16)24-21(25)20(28-22(24)27)14-15-5-4-8-19(13-15)26-18-6-2-1-3-7-18/h1-14H. The second-order valence-corrected chi connectivity index (χ2v) is 7.66. The van der Waals surface area contributed by atoms with Crippen LogP contribution < -0.4 is 9.64 Å². The highest BCUT2D eigenvalue weighted by Crippen LogP contribution is 2.36. The second kappa shape index (κ2) is 7.96. The quantitative estimate of drug-likeness (QED) is 0.390. The Kier molecular flexibility index (Phi) is 5.23. The van der Waals surface area contributed by atoms with Crippen molar-refractivity contribution in [3.05, 3.63) is 95.1 Å². The van der Waals surface area contributed by atoms with Gasteiger partial charge in [0.15, 0.2) is 4.32 Å². The fourth-order valence-electron chi connectivity index (χ4n) is 2.72. The maximum absolute atomic E-state index is 13.2. The average Bonchev–Trinajstić information content (AvgIpc) is 2.97. The summed E-state index contributed by atoms with van der Waals surface area (Å²) in [6.45, 7) is 0. The van der Waals surface area contributed by atoms with Crippen LogP contribution in [0.5, 0.6) is 11.5 Å². The predicted octanol–water partition coefficient (Wildman–Crippen LogP) is 6.02. The fraction of sp³-hybridized carbons (Fsp3) is 0. The molecule has 0 aromatic heterocycles. The number of nitrogens with zero attached hydrogens (tertiary/aromatic N) is 1. The number of thiocarbonyl (C=S) groups is 1. The molecule has 0 bridgehead atoms. The molecule has 1 amide bonds. The van der Waals surface area contributed by atoms with Crippen molar-refractivity contribution in [3.8, 4) is 11.5 Å². The number of rotatable bonds is 4. The number of amides is 1. The van der Waals surface area contributed by atoms with Crippen LogP contribution >= 0.6 is 24.0 Å². The molecule has 0 radical (unpaired) electrons. The lowest BCUT2D eigenvalue weighted by molar-refractivity contribution is -0.113. The first-order valence-corrected chi connectivity index (χ1v) is 9.69. The summed E-state index contributed by atoms with van der Waals surface area (Å²) in [7, 11) is 0. The monoisotopic (exact) mass is 407 g/mol. The second-order valence-electron chi connectivity index (χ2n) is 5.98. The molecule has 0 unspecified atom stereocenters. The Bertz CT molecular complexity index is 1070. The van der Waals surface area contributed by atoms with E-state index in [-0.39, 0.29) is 11.7 Å². The van der Waals surface area contributed by atoms with E-state index in [4.69, 9.17) is 17.0 Å². The highest BCUT2D eigenvalue weighted by molar-refractivity contribution is 8.27. The minimum Gasteiger partial charge on any atom is -0.457 e. The first-order chi connectivity index (χ1) is 13.6. The van der Waals surface area contributed by atoms with Crippen molar-refractivity contribution in [2.24, 2.45) is 0 Å². The van der Waals surface area contributed by atoms with Crippen molar-refractivity contribution in [2.45, 2.75) is 0 Å². The molecule has 4 rings (SSSR count). The lowest BCUT2D eigenvalue weighted by atomic mass is 10.2. The van der Waals surface area contributed by atoms with Crippen molar-refractivity contribution in [3.63, 3.8) is 0 Å². The van der Waals surface area contributed by atoms with E-state index in [0.29, 0.717) is 20.7 Å². The number of thioether (sulfide) groups is 1. The van der Waals surface area contributed by atoms with E-state index in [2.05, 4.69) is 0 Å². The molecular formula is C22H14FNO2S2. The minimum atomic E-state index is -0.361. The SMILES string of the molecule is O=C1C(=Cc2cccc(Oc3ccccc3)c2)SC(=S)N1c1ccc(F)cc1. The molecule has 1 saturated heterocycles. The molecule has 138 valence electrons. The number of para-hydroxylation sites is 1. The molecule has 0 N–H and O–H groups in total. The topological polar surface area (TPSA) is 29.5 Å². The Morgan fingerprint density at radius 1 is 0.929 bits per heavy atom. The van der Waals surface area contributed by atoms with Crippen LogP contribution in [0, 0.1) is 5.82 Å². The summed E-state index contributed by atoms with van der Waals surface area (Å²) in [6, 6.07) is 22.6. The molecule has 3 nitrogen and oxygen atoms in total. The Hall–Kier alpha value is -2.96. The third-order valence-electron chi connectivity index (χ3n) is 4.01. The molecular weight excluding hydrogens is 393 g/mol. The normalized spacial score (nSPS) is 15.3. The molecule has 1 fully saturated rings. The Labute approximate surface area is 171 Å². The summed E-state index contributed by atoms with van der Waals surface area (Å²) < 4.78 is 19.4. The van der Waals surface area contributed by atoms with Crippen molar-refractivity contribution >= 4 is 46.0 Å². The van der Waals surface area contributed by atoms with Gasteiger partial charge in [-0.05, 0) is 60.2 Å². The van der Waals surface area contributed by atoms with E-state index < -0.39 is 0 Å². The van der Waals surface area contributed by atoms with Crippen molar-refractivity contribution in [1.82, 2.24) is 0 Å². The Morgan fingerprint density at radius 2 is 1.64 bits per heavy atom. The maximum Gasteiger partial charge on any atom is 0.270 e. The van der Waals surface area contributed by atoms with Crippen molar-refractivity contribution in [2.75, 3.05) is 4.90 Å². The van der Waals surface area contributed by atoms with Crippen LogP contribution in [0.3, 0.4) is 0 Å².